The largest absolute Gasteiger partial charge is 0.482 e. The van der Waals surface area contributed by atoms with Gasteiger partial charge in [0.05, 0.1) is 5.02 Å². The number of ether oxygens (including phenoxy) is 1. The Morgan fingerprint density at radius 1 is 0.967 bits per heavy atom. The van der Waals surface area contributed by atoms with Crippen LogP contribution in [-0.2, 0) is 9.59 Å². The quantitative estimate of drug-likeness (QED) is 0.321. The molecule has 0 heterocycles. The summed E-state index contributed by atoms with van der Waals surface area (Å²) in [6.45, 7) is -0.270. The summed E-state index contributed by atoms with van der Waals surface area (Å²) in [5.74, 6) is -0.524. The third-order valence-electron chi connectivity index (χ3n) is 3.99. The van der Waals surface area contributed by atoms with Gasteiger partial charge in [-0.05, 0) is 46.8 Å². The summed E-state index contributed by atoms with van der Waals surface area (Å²) in [5, 5.41) is 4.93. The van der Waals surface area contributed by atoms with Crippen molar-refractivity contribution in [3.8, 4) is 5.75 Å². The van der Waals surface area contributed by atoms with Gasteiger partial charge >= 0.3 is 0 Å². The second-order valence-corrected chi connectivity index (χ2v) is 6.93. The van der Waals surface area contributed by atoms with Crippen LogP contribution in [0.5, 0.6) is 5.75 Å². The second-order valence-electron chi connectivity index (χ2n) is 6.11. The van der Waals surface area contributed by atoms with Gasteiger partial charge in [0, 0.05) is 6.08 Å². The summed E-state index contributed by atoms with van der Waals surface area (Å²) in [5.41, 5.74) is 5.69. The molecule has 3 aromatic carbocycles. The summed E-state index contributed by atoms with van der Waals surface area (Å²) in [6.07, 6.45) is 3.08. The third kappa shape index (κ3) is 6.04. The van der Waals surface area contributed by atoms with Gasteiger partial charge in [0.25, 0.3) is 5.91 Å². The second kappa shape index (κ2) is 10.4. The average molecular weight is 440 g/mol. The van der Waals surface area contributed by atoms with Crippen LogP contribution >= 0.6 is 23.8 Å². The number of fused-ring (bicyclic) bond motifs is 1. The number of benzene rings is 3. The Morgan fingerprint density at radius 3 is 2.53 bits per heavy atom. The summed E-state index contributed by atoms with van der Waals surface area (Å²) in [6, 6.07) is 20.5. The van der Waals surface area contributed by atoms with Crippen molar-refractivity contribution in [3.63, 3.8) is 0 Å². The first-order chi connectivity index (χ1) is 14.5. The molecule has 3 aromatic rings. The third-order valence-corrected chi connectivity index (χ3v) is 4.50. The molecule has 0 fully saturated rings. The normalized spacial score (nSPS) is 10.6. The molecule has 0 saturated heterocycles. The van der Waals surface area contributed by atoms with Gasteiger partial charge < -0.3 is 4.74 Å². The molecule has 0 unspecified atom stereocenters. The van der Waals surface area contributed by atoms with Crippen LogP contribution in [0, 0.1) is 0 Å². The molecule has 0 aromatic heterocycles. The van der Waals surface area contributed by atoms with E-state index in [0.29, 0.717) is 10.8 Å². The van der Waals surface area contributed by atoms with E-state index in [2.05, 4.69) is 16.2 Å². The van der Waals surface area contributed by atoms with Crippen LogP contribution in [-0.4, -0.2) is 23.5 Å². The van der Waals surface area contributed by atoms with Crippen molar-refractivity contribution in [1.82, 2.24) is 16.2 Å². The Labute approximate surface area is 183 Å². The molecule has 0 radical (unpaired) electrons. The van der Waals surface area contributed by atoms with Crippen LogP contribution in [0.4, 0.5) is 0 Å². The van der Waals surface area contributed by atoms with Gasteiger partial charge in [-0.25, -0.2) is 0 Å². The highest BCUT2D eigenvalue weighted by Gasteiger charge is 2.07. The number of carbonyl (C=O) groups is 2. The van der Waals surface area contributed by atoms with E-state index in [1.807, 2.05) is 42.5 Å². The molecule has 0 saturated carbocycles. The predicted molar refractivity (Wildman–Crippen MR) is 122 cm³/mol. The summed E-state index contributed by atoms with van der Waals surface area (Å²) >= 11 is 11.0. The van der Waals surface area contributed by atoms with Crippen molar-refractivity contribution >= 4 is 57.6 Å². The summed E-state index contributed by atoms with van der Waals surface area (Å²) < 4.78 is 5.31. The van der Waals surface area contributed by atoms with E-state index in [0.717, 1.165) is 16.3 Å². The fourth-order valence-electron chi connectivity index (χ4n) is 2.61. The van der Waals surface area contributed by atoms with Gasteiger partial charge in [-0.1, -0.05) is 66.2 Å². The van der Waals surface area contributed by atoms with Gasteiger partial charge in [0.2, 0.25) is 5.91 Å². The van der Waals surface area contributed by atoms with Crippen molar-refractivity contribution in [2.45, 2.75) is 0 Å². The molecule has 0 bridgehead atoms. The maximum Gasteiger partial charge on any atom is 0.276 e. The molecule has 3 N–H and O–H groups in total. The number of hydrogen-bond donors (Lipinski definition) is 3. The fraction of sp³-hybridized carbons (Fsp3) is 0.0455. The van der Waals surface area contributed by atoms with Crippen LogP contribution in [0.2, 0.25) is 5.02 Å². The molecular formula is C22H18ClN3O3S. The monoisotopic (exact) mass is 439 g/mol. The molecule has 3 rings (SSSR count). The Hall–Kier alpha value is -3.42. The van der Waals surface area contributed by atoms with E-state index >= 15 is 0 Å². The minimum Gasteiger partial charge on any atom is -0.482 e. The van der Waals surface area contributed by atoms with Gasteiger partial charge in [-0.2, -0.15) is 0 Å². The first-order valence-corrected chi connectivity index (χ1v) is 9.74. The molecule has 0 spiro atoms. The number of amides is 2. The van der Waals surface area contributed by atoms with Crippen molar-refractivity contribution < 1.29 is 14.3 Å². The smallest absolute Gasteiger partial charge is 0.276 e. The zero-order valence-corrected chi connectivity index (χ0v) is 17.3. The Morgan fingerprint density at radius 2 is 1.70 bits per heavy atom. The highest BCUT2D eigenvalue weighted by atomic mass is 35.5. The van der Waals surface area contributed by atoms with Crippen LogP contribution < -0.4 is 20.9 Å². The van der Waals surface area contributed by atoms with E-state index in [-0.39, 0.29) is 11.7 Å². The zero-order chi connectivity index (χ0) is 21.3. The van der Waals surface area contributed by atoms with E-state index in [1.54, 1.807) is 30.3 Å². The maximum absolute atomic E-state index is 12.1. The number of nitrogens with one attached hydrogen (secondary N) is 3. The van der Waals surface area contributed by atoms with Crippen LogP contribution in [0.1, 0.15) is 5.56 Å². The SMILES string of the molecule is O=C(C=Cc1cccc2ccccc12)NC(=S)NNC(=O)COc1ccccc1Cl. The Balaban J connectivity index is 1.45. The highest BCUT2D eigenvalue weighted by molar-refractivity contribution is 7.80. The van der Waals surface area contributed by atoms with Gasteiger partial charge in [0.1, 0.15) is 5.75 Å². The van der Waals surface area contributed by atoms with E-state index < -0.39 is 11.8 Å². The first kappa shape index (κ1) is 21.3. The maximum atomic E-state index is 12.1. The topological polar surface area (TPSA) is 79.5 Å². The van der Waals surface area contributed by atoms with Crippen molar-refractivity contribution in [1.29, 1.82) is 0 Å². The summed E-state index contributed by atoms with van der Waals surface area (Å²) in [4.78, 5) is 23.9. The summed E-state index contributed by atoms with van der Waals surface area (Å²) in [7, 11) is 0. The van der Waals surface area contributed by atoms with Gasteiger partial charge in [-0.3, -0.25) is 25.8 Å². The highest BCUT2D eigenvalue weighted by Crippen LogP contribution is 2.22. The van der Waals surface area contributed by atoms with Crippen LogP contribution in [0.25, 0.3) is 16.8 Å². The van der Waals surface area contributed by atoms with Crippen LogP contribution in [0.15, 0.2) is 72.8 Å². The molecule has 0 atom stereocenters. The van der Waals surface area contributed by atoms with E-state index in [1.165, 1.54) is 6.08 Å². The number of rotatable bonds is 5. The minimum absolute atomic E-state index is 0.0475. The van der Waals surface area contributed by atoms with Crippen molar-refractivity contribution in [2.75, 3.05) is 6.61 Å². The molecule has 0 aliphatic rings. The van der Waals surface area contributed by atoms with Crippen molar-refractivity contribution in [3.05, 3.63) is 83.4 Å². The molecule has 30 heavy (non-hydrogen) atoms. The number of para-hydroxylation sites is 1. The predicted octanol–water partition coefficient (Wildman–Crippen LogP) is 3.61. The Kier molecular flexibility index (Phi) is 7.37. The standard InChI is InChI=1S/C22H18ClN3O3S/c23-18-10-3-4-11-19(18)29-14-21(28)25-26-22(30)24-20(27)13-12-16-8-5-7-15-6-1-2-9-17(15)16/h1-13H,14H2,(H,25,28)(H2,24,26,27,30). The fourth-order valence-corrected chi connectivity index (χ4v) is 2.96. The number of hydrazine groups is 1. The number of carbonyl (C=O) groups excluding carboxylic acids is 2. The number of hydrogen-bond acceptors (Lipinski definition) is 4. The molecule has 6 nitrogen and oxygen atoms in total. The number of thiocarbonyl (C=S) groups is 1. The van der Waals surface area contributed by atoms with Gasteiger partial charge in [0.15, 0.2) is 11.7 Å². The molecule has 152 valence electrons. The lowest BCUT2D eigenvalue weighted by Gasteiger charge is -2.11. The van der Waals surface area contributed by atoms with E-state index in [4.69, 9.17) is 28.6 Å². The number of halogens is 1. The molecule has 0 aliphatic heterocycles. The van der Waals surface area contributed by atoms with Crippen LogP contribution in [0.3, 0.4) is 0 Å². The minimum atomic E-state index is -0.488. The van der Waals surface area contributed by atoms with E-state index in [9.17, 15) is 9.59 Å². The lowest BCUT2D eigenvalue weighted by atomic mass is 10.0. The molecule has 8 heteroatoms. The lowest BCUT2D eigenvalue weighted by molar-refractivity contribution is -0.123. The Bertz CT molecular complexity index is 1110. The lowest BCUT2D eigenvalue weighted by Crippen LogP contribution is -2.49. The zero-order valence-electron chi connectivity index (χ0n) is 15.7. The molecular weight excluding hydrogens is 422 g/mol. The van der Waals surface area contributed by atoms with Crippen molar-refractivity contribution in [2.24, 2.45) is 0 Å². The average Bonchev–Trinajstić information content (AvgIpc) is 2.75. The first-order valence-electron chi connectivity index (χ1n) is 8.96. The molecule has 2 amide bonds. The van der Waals surface area contributed by atoms with Gasteiger partial charge in [-0.15, -0.1) is 0 Å². The molecule has 0 aliphatic carbocycles.